The van der Waals surface area contributed by atoms with Crippen molar-refractivity contribution in [3.05, 3.63) is 77.7 Å². The number of amidine groups is 2. The summed E-state index contributed by atoms with van der Waals surface area (Å²) in [4.78, 5) is 8.43. The molecule has 0 radical (unpaired) electrons. The predicted octanol–water partition coefficient (Wildman–Crippen LogP) is 4.26. The topological polar surface area (TPSA) is 75.1 Å². The molecular weight excluding hydrogens is 296 g/mol. The lowest BCUT2D eigenvalue weighted by Gasteiger charge is -2.09. The molecule has 0 unspecified atom stereocenters. The monoisotopic (exact) mass is 318 g/mol. The second-order valence-corrected chi connectivity index (χ2v) is 5.36. The smallest absolute Gasteiger partial charge is 0.153 e. The molecular formula is C20H22N4. The number of nitrogens with two attached hydrogens (primary N) is 1. The number of aliphatic imine (C=N–C) groups is 1. The van der Waals surface area contributed by atoms with E-state index in [-0.39, 0.29) is 5.84 Å². The van der Waals surface area contributed by atoms with Gasteiger partial charge in [-0.1, -0.05) is 36.4 Å². The van der Waals surface area contributed by atoms with Gasteiger partial charge in [-0.2, -0.15) is 0 Å². The quantitative estimate of drug-likeness (QED) is 0.502. The lowest BCUT2D eigenvalue weighted by molar-refractivity contribution is 1.32. The number of nitrogens with zero attached hydrogens (tertiary/aromatic N) is 2. The van der Waals surface area contributed by atoms with Crippen LogP contribution >= 0.6 is 0 Å². The van der Waals surface area contributed by atoms with E-state index in [2.05, 4.69) is 9.98 Å². The zero-order valence-corrected chi connectivity index (χ0v) is 14.2. The fourth-order valence-corrected chi connectivity index (χ4v) is 2.35. The summed E-state index contributed by atoms with van der Waals surface area (Å²) in [5, 5.41) is 8.12. The van der Waals surface area contributed by atoms with Crippen molar-refractivity contribution < 1.29 is 0 Å². The van der Waals surface area contributed by atoms with Crippen LogP contribution in [0.5, 0.6) is 0 Å². The molecule has 2 rings (SSSR count). The zero-order valence-electron chi connectivity index (χ0n) is 14.2. The standard InChI is InChI=1S/C20H22N4/c1-4-7-15(5-2)19(21)24-20(22)18-12-16(10-9-14(18)3)17-8-6-11-23-13-17/h4-13H,1-3H3,(H3,21,22,24)/b7-4-,15-5+. The van der Waals surface area contributed by atoms with Crippen LogP contribution in [0.25, 0.3) is 11.1 Å². The van der Waals surface area contributed by atoms with Gasteiger partial charge in [-0.15, -0.1) is 0 Å². The van der Waals surface area contributed by atoms with Gasteiger partial charge in [0.05, 0.1) is 0 Å². The van der Waals surface area contributed by atoms with Gasteiger partial charge in [0.15, 0.2) is 5.84 Å². The largest absolute Gasteiger partial charge is 0.383 e. The summed E-state index contributed by atoms with van der Waals surface area (Å²) in [6, 6.07) is 9.93. The van der Waals surface area contributed by atoms with Gasteiger partial charge in [-0.05, 0) is 44.0 Å². The maximum absolute atomic E-state index is 8.12. The highest BCUT2D eigenvalue weighted by molar-refractivity contribution is 6.11. The molecule has 1 aromatic carbocycles. The number of aryl methyl sites for hydroxylation is 1. The number of aromatic nitrogens is 1. The van der Waals surface area contributed by atoms with Gasteiger partial charge in [0.2, 0.25) is 0 Å². The maximum atomic E-state index is 8.12. The van der Waals surface area contributed by atoms with Gasteiger partial charge in [0.1, 0.15) is 5.84 Å². The molecule has 4 nitrogen and oxygen atoms in total. The Bertz CT molecular complexity index is 815. The fourth-order valence-electron chi connectivity index (χ4n) is 2.35. The first-order valence-electron chi connectivity index (χ1n) is 7.80. The molecule has 1 heterocycles. The molecule has 24 heavy (non-hydrogen) atoms. The van der Waals surface area contributed by atoms with Crippen molar-refractivity contribution >= 4 is 11.7 Å². The van der Waals surface area contributed by atoms with Gasteiger partial charge < -0.3 is 5.73 Å². The summed E-state index contributed by atoms with van der Waals surface area (Å²) in [6.45, 7) is 5.77. The number of hydrogen-bond acceptors (Lipinski definition) is 2. The second-order valence-electron chi connectivity index (χ2n) is 5.36. The third-order valence-electron chi connectivity index (χ3n) is 3.67. The van der Waals surface area contributed by atoms with E-state index in [1.165, 1.54) is 0 Å². The maximum Gasteiger partial charge on any atom is 0.153 e. The average molecular weight is 318 g/mol. The normalized spacial score (nSPS) is 12.6. The molecule has 0 aliphatic carbocycles. The van der Waals surface area contributed by atoms with E-state index in [0.717, 1.165) is 27.8 Å². The van der Waals surface area contributed by atoms with Crippen LogP contribution in [-0.4, -0.2) is 16.7 Å². The van der Waals surface area contributed by atoms with E-state index in [0.29, 0.717) is 5.84 Å². The minimum Gasteiger partial charge on any atom is -0.383 e. The third kappa shape index (κ3) is 4.04. The Morgan fingerprint density at radius 3 is 2.62 bits per heavy atom. The Hall–Kier alpha value is -3.01. The van der Waals surface area contributed by atoms with E-state index >= 15 is 0 Å². The molecule has 0 aliphatic rings. The Labute approximate surface area is 143 Å². The van der Waals surface area contributed by atoms with Gasteiger partial charge in [-0.3, -0.25) is 10.4 Å². The Kier molecular flexibility index (Phi) is 5.79. The number of benzene rings is 1. The van der Waals surface area contributed by atoms with Crippen molar-refractivity contribution in [1.82, 2.24) is 4.98 Å². The van der Waals surface area contributed by atoms with Crippen molar-refractivity contribution in [2.75, 3.05) is 0 Å². The van der Waals surface area contributed by atoms with Crippen molar-refractivity contribution in [2.24, 2.45) is 10.7 Å². The predicted molar refractivity (Wildman–Crippen MR) is 101 cm³/mol. The van der Waals surface area contributed by atoms with E-state index in [1.54, 1.807) is 6.20 Å². The average Bonchev–Trinajstić information content (AvgIpc) is 2.60. The highest BCUT2D eigenvalue weighted by atomic mass is 14.9. The lowest BCUT2D eigenvalue weighted by Crippen LogP contribution is -2.17. The number of pyridine rings is 1. The van der Waals surface area contributed by atoms with Gasteiger partial charge in [-0.25, -0.2) is 4.99 Å². The van der Waals surface area contributed by atoms with E-state index in [1.807, 2.05) is 75.5 Å². The Morgan fingerprint density at radius 1 is 1.21 bits per heavy atom. The first kappa shape index (κ1) is 17.3. The van der Waals surface area contributed by atoms with Crippen LogP contribution in [-0.2, 0) is 0 Å². The molecule has 0 atom stereocenters. The minimum atomic E-state index is 0.152. The van der Waals surface area contributed by atoms with Crippen LogP contribution < -0.4 is 5.73 Å². The molecule has 3 N–H and O–H groups in total. The molecule has 1 aromatic heterocycles. The lowest BCUT2D eigenvalue weighted by atomic mass is 10.00. The fraction of sp³-hybridized carbons (Fsp3) is 0.150. The van der Waals surface area contributed by atoms with E-state index in [4.69, 9.17) is 11.1 Å². The van der Waals surface area contributed by atoms with E-state index in [9.17, 15) is 0 Å². The van der Waals surface area contributed by atoms with Crippen LogP contribution in [0.15, 0.2) is 71.5 Å². The molecule has 0 bridgehead atoms. The molecule has 0 aliphatic heterocycles. The first-order valence-corrected chi connectivity index (χ1v) is 7.80. The molecule has 0 saturated heterocycles. The van der Waals surface area contributed by atoms with Crippen molar-refractivity contribution in [3.8, 4) is 11.1 Å². The highest BCUT2D eigenvalue weighted by Gasteiger charge is 2.08. The summed E-state index contributed by atoms with van der Waals surface area (Å²) in [5.41, 5.74) is 10.8. The number of hydrogen-bond donors (Lipinski definition) is 2. The molecule has 122 valence electrons. The first-order chi connectivity index (χ1) is 11.6. The number of allylic oxidation sites excluding steroid dienone is 2. The summed E-state index contributed by atoms with van der Waals surface area (Å²) in [7, 11) is 0. The highest BCUT2D eigenvalue weighted by Crippen LogP contribution is 2.21. The van der Waals surface area contributed by atoms with Crippen molar-refractivity contribution in [2.45, 2.75) is 20.8 Å². The van der Waals surface area contributed by atoms with Gasteiger partial charge in [0, 0.05) is 29.1 Å². The van der Waals surface area contributed by atoms with Crippen LogP contribution in [0.4, 0.5) is 0 Å². The number of nitrogens with one attached hydrogen (secondary N) is 1. The summed E-state index contributed by atoms with van der Waals surface area (Å²) in [6.07, 6.45) is 9.13. The molecule has 4 heteroatoms. The summed E-state index contributed by atoms with van der Waals surface area (Å²) < 4.78 is 0. The third-order valence-corrected chi connectivity index (χ3v) is 3.67. The number of rotatable bonds is 4. The molecule has 0 saturated carbocycles. The van der Waals surface area contributed by atoms with Crippen LogP contribution in [0, 0.1) is 12.3 Å². The molecule has 0 fully saturated rings. The molecule has 0 spiro atoms. The SMILES string of the molecule is C/C=C\C(=C/C)C(=N)N=C(N)c1cc(-c2cccnc2)ccc1C. The van der Waals surface area contributed by atoms with Gasteiger partial charge in [0.25, 0.3) is 0 Å². The second kappa shape index (κ2) is 8.02. The van der Waals surface area contributed by atoms with Crippen molar-refractivity contribution in [3.63, 3.8) is 0 Å². The molecule has 2 aromatic rings. The Balaban J connectivity index is 2.41. The Morgan fingerprint density at radius 2 is 2.00 bits per heavy atom. The van der Waals surface area contributed by atoms with E-state index < -0.39 is 0 Å². The van der Waals surface area contributed by atoms with Crippen LogP contribution in [0.2, 0.25) is 0 Å². The van der Waals surface area contributed by atoms with Crippen LogP contribution in [0.1, 0.15) is 25.0 Å². The minimum absolute atomic E-state index is 0.152. The van der Waals surface area contributed by atoms with Gasteiger partial charge >= 0.3 is 0 Å². The zero-order chi connectivity index (χ0) is 17.5. The summed E-state index contributed by atoms with van der Waals surface area (Å²) in [5.74, 6) is 0.492. The van der Waals surface area contributed by atoms with Crippen molar-refractivity contribution in [1.29, 1.82) is 5.41 Å². The summed E-state index contributed by atoms with van der Waals surface area (Å²) >= 11 is 0. The van der Waals surface area contributed by atoms with Crippen LogP contribution in [0.3, 0.4) is 0 Å². The molecule has 0 amide bonds.